The lowest BCUT2D eigenvalue weighted by atomic mass is 10.2. The molecule has 0 aliphatic heterocycles. The standard InChI is InChI=1S/C16H18ClNO3S/c17-14-11-15(19)18(22-14)10-6-2-5-9-16(20)21-12-13-7-3-1-4-8-13/h1,3-4,7-8,11H,2,5-6,9-10,12H2. The molecule has 6 heteroatoms. The molecule has 0 amide bonds. The number of carbonyl (C=O) groups excluding carboxylic acids is 1. The van der Waals surface area contributed by atoms with Gasteiger partial charge in [0.15, 0.2) is 0 Å². The summed E-state index contributed by atoms with van der Waals surface area (Å²) in [4.78, 5) is 23.1. The van der Waals surface area contributed by atoms with Crippen LogP contribution in [0.4, 0.5) is 0 Å². The van der Waals surface area contributed by atoms with Gasteiger partial charge in [-0.3, -0.25) is 13.5 Å². The van der Waals surface area contributed by atoms with Crippen molar-refractivity contribution in [2.24, 2.45) is 0 Å². The molecule has 0 spiro atoms. The maximum Gasteiger partial charge on any atom is 0.306 e. The summed E-state index contributed by atoms with van der Waals surface area (Å²) in [6, 6.07) is 11.0. The number of nitrogens with zero attached hydrogens (tertiary/aromatic N) is 1. The van der Waals surface area contributed by atoms with Gasteiger partial charge in [-0.15, -0.1) is 0 Å². The van der Waals surface area contributed by atoms with Crippen molar-refractivity contribution in [3.8, 4) is 0 Å². The van der Waals surface area contributed by atoms with Gasteiger partial charge in [-0.05, 0) is 29.9 Å². The number of aromatic nitrogens is 1. The third kappa shape index (κ3) is 5.66. The summed E-state index contributed by atoms with van der Waals surface area (Å²) in [5, 5.41) is 0. The van der Waals surface area contributed by atoms with Crippen molar-refractivity contribution >= 4 is 29.1 Å². The Hall–Kier alpha value is -1.59. The van der Waals surface area contributed by atoms with Gasteiger partial charge < -0.3 is 4.74 Å². The number of esters is 1. The number of aryl methyl sites for hydroxylation is 1. The average molecular weight is 340 g/mol. The second-order valence-electron chi connectivity index (χ2n) is 4.94. The summed E-state index contributed by atoms with van der Waals surface area (Å²) in [7, 11) is 0. The lowest BCUT2D eigenvalue weighted by Gasteiger charge is -2.05. The van der Waals surface area contributed by atoms with Gasteiger partial charge in [-0.1, -0.05) is 48.4 Å². The Labute approximate surface area is 138 Å². The third-order valence-electron chi connectivity index (χ3n) is 3.16. The van der Waals surface area contributed by atoms with Gasteiger partial charge in [0.1, 0.15) is 10.9 Å². The molecule has 1 aromatic carbocycles. The smallest absolute Gasteiger partial charge is 0.306 e. The van der Waals surface area contributed by atoms with E-state index in [2.05, 4.69) is 0 Å². The van der Waals surface area contributed by atoms with Crippen molar-refractivity contribution < 1.29 is 9.53 Å². The molecule has 2 aromatic rings. The molecule has 0 bridgehead atoms. The maximum absolute atomic E-state index is 11.6. The number of hydrogen-bond acceptors (Lipinski definition) is 4. The lowest BCUT2D eigenvalue weighted by Crippen LogP contribution is -2.11. The van der Waals surface area contributed by atoms with E-state index in [0.29, 0.717) is 23.9 Å². The SMILES string of the molecule is O=C(CCCCCn1sc(Cl)cc1=O)OCc1ccccc1. The number of hydrogen-bond donors (Lipinski definition) is 0. The monoisotopic (exact) mass is 339 g/mol. The number of rotatable bonds is 8. The number of carbonyl (C=O) groups is 1. The zero-order valence-electron chi connectivity index (χ0n) is 12.2. The molecule has 22 heavy (non-hydrogen) atoms. The second-order valence-corrected chi connectivity index (χ2v) is 6.63. The lowest BCUT2D eigenvalue weighted by molar-refractivity contribution is -0.145. The van der Waals surface area contributed by atoms with Crippen molar-refractivity contribution in [3.05, 3.63) is 56.7 Å². The summed E-state index contributed by atoms with van der Waals surface area (Å²) < 4.78 is 7.35. The summed E-state index contributed by atoms with van der Waals surface area (Å²) in [6.07, 6.45) is 2.90. The van der Waals surface area contributed by atoms with Gasteiger partial charge in [0.2, 0.25) is 0 Å². The Bertz CT molecular complexity index is 651. The molecule has 1 aromatic heterocycles. The van der Waals surface area contributed by atoms with Crippen LogP contribution in [0.15, 0.2) is 41.2 Å². The van der Waals surface area contributed by atoms with Crippen LogP contribution in [0, 0.1) is 0 Å². The summed E-state index contributed by atoms with van der Waals surface area (Å²) >= 11 is 7.03. The summed E-state index contributed by atoms with van der Waals surface area (Å²) in [5.41, 5.74) is 0.932. The molecule has 0 fully saturated rings. The van der Waals surface area contributed by atoms with Crippen LogP contribution in [0.5, 0.6) is 0 Å². The largest absolute Gasteiger partial charge is 0.461 e. The fourth-order valence-electron chi connectivity index (χ4n) is 2.01. The van der Waals surface area contributed by atoms with Crippen molar-refractivity contribution in [2.75, 3.05) is 0 Å². The molecule has 0 atom stereocenters. The van der Waals surface area contributed by atoms with Gasteiger partial charge >= 0.3 is 5.97 Å². The second kappa shape index (κ2) is 8.76. The first-order valence-electron chi connectivity index (χ1n) is 7.21. The first kappa shape index (κ1) is 16.8. The van der Waals surface area contributed by atoms with Crippen LogP contribution < -0.4 is 5.56 Å². The normalized spacial score (nSPS) is 10.6. The highest BCUT2D eigenvalue weighted by atomic mass is 35.5. The van der Waals surface area contributed by atoms with Crippen LogP contribution >= 0.6 is 23.1 Å². The summed E-state index contributed by atoms with van der Waals surface area (Å²) in [5.74, 6) is -0.180. The Kier molecular flexibility index (Phi) is 6.68. The molecule has 1 heterocycles. The average Bonchev–Trinajstić information content (AvgIpc) is 2.84. The molecule has 118 valence electrons. The minimum Gasteiger partial charge on any atom is -0.461 e. The predicted octanol–water partition coefficient (Wildman–Crippen LogP) is 3.87. The number of ether oxygens (including phenoxy) is 1. The Morgan fingerprint density at radius 3 is 2.64 bits per heavy atom. The van der Waals surface area contributed by atoms with Crippen LogP contribution in [-0.2, 0) is 22.7 Å². The van der Waals surface area contributed by atoms with Gasteiger partial charge in [0.05, 0.1) is 0 Å². The van der Waals surface area contributed by atoms with E-state index < -0.39 is 0 Å². The van der Waals surface area contributed by atoms with E-state index in [0.717, 1.165) is 24.8 Å². The van der Waals surface area contributed by atoms with E-state index in [1.807, 2.05) is 30.3 Å². The van der Waals surface area contributed by atoms with Gasteiger partial charge in [-0.25, -0.2) is 0 Å². The van der Waals surface area contributed by atoms with E-state index in [1.54, 1.807) is 3.96 Å². The molecule has 2 rings (SSSR count). The topological polar surface area (TPSA) is 48.3 Å². The molecular formula is C16H18ClNO3S. The molecule has 0 radical (unpaired) electrons. The number of unbranched alkanes of at least 4 members (excludes halogenated alkanes) is 2. The highest BCUT2D eigenvalue weighted by Crippen LogP contribution is 2.13. The molecular weight excluding hydrogens is 322 g/mol. The van der Waals surface area contributed by atoms with Crippen LogP contribution in [0.25, 0.3) is 0 Å². The highest BCUT2D eigenvalue weighted by molar-refractivity contribution is 7.11. The van der Waals surface area contributed by atoms with E-state index in [9.17, 15) is 9.59 Å². The minimum atomic E-state index is -0.180. The Morgan fingerprint density at radius 2 is 1.95 bits per heavy atom. The zero-order valence-corrected chi connectivity index (χ0v) is 13.7. The Balaban J connectivity index is 1.57. The molecule has 0 N–H and O–H groups in total. The summed E-state index contributed by atoms with van der Waals surface area (Å²) in [6.45, 7) is 0.970. The molecule has 0 saturated heterocycles. The van der Waals surface area contributed by atoms with E-state index in [1.165, 1.54) is 17.6 Å². The third-order valence-corrected chi connectivity index (χ3v) is 4.36. The molecule has 4 nitrogen and oxygen atoms in total. The minimum absolute atomic E-state index is 0.0581. The van der Waals surface area contributed by atoms with E-state index >= 15 is 0 Å². The quantitative estimate of drug-likeness (QED) is 0.542. The number of halogens is 1. The Morgan fingerprint density at radius 1 is 1.18 bits per heavy atom. The van der Waals surface area contributed by atoms with E-state index in [4.69, 9.17) is 16.3 Å². The van der Waals surface area contributed by atoms with Crippen molar-refractivity contribution in [3.63, 3.8) is 0 Å². The van der Waals surface area contributed by atoms with Crippen LogP contribution in [0.3, 0.4) is 0 Å². The first-order chi connectivity index (χ1) is 10.6. The van der Waals surface area contributed by atoms with Gasteiger partial charge in [0, 0.05) is 19.0 Å². The fraction of sp³-hybridized carbons (Fsp3) is 0.375. The maximum atomic E-state index is 11.6. The van der Waals surface area contributed by atoms with Crippen LogP contribution in [0.2, 0.25) is 4.34 Å². The fourth-order valence-corrected chi connectivity index (χ4v) is 3.08. The van der Waals surface area contributed by atoms with Crippen molar-refractivity contribution in [2.45, 2.75) is 38.8 Å². The van der Waals surface area contributed by atoms with E-state index in [-0.39, 0.29) is 11.5 Å². The first-order valence-corrected chi connectivity index (χ1v) is 8.36. The van der Waals surface area contributed by atoms with Gasteiger partial charge in [0.25, 0.3) is 5.56 Å². The molecule has 0 saturated carbocycles. The van der Waals surface area contributed by atoms with Gasteiger partial charge in [-0.2, -0.15) is 0 Å². The van der Waals surface area contributed by atoms with Crippen molar-refractivity contribution in [1.29, 1.82) is 0 Å². The van der Waals surface area contributed by atoms with Crippen LogP contribution in [-0.4, -0.2) is 9.93 Å². The molecule has 0 unspecified atom stereocenters. The van der Waals surface area contributed by atoms with Crippen molar-refractivity contribution in [1.82, 2.24) is 3.96 Å². The molecule has 0 aliphatic rings. The highest BCUT2D eigenvalue weighted by Gasteiger charge is 2.05. The van der Waals surface area contributed by atoms with Crippen LogP contribution in [0.1, 0.15) is 31.2 Å². The molecule has 0 aliphatic carbocycles. The predicted molar refractivity (Wildman–Crippen MR) is 88.3 cm³/mol. The number of benzene rings is 1. The zero-order chi connectivity index (χ0) is 15.8.